The molecule has 0 aromatic rings. The minimum Gasteiger partial charge on any atom is -0.370 e. The third kappa shape index (κ3) is 5.48. The van der Waals surface area contributed by atoms with Gasteiger partial charge in [-0.05, 0) is 32.2 Å². The van der Waals surface area contributed by atoms with Crippen LogP contribution in [0.2, 0.25) is 0 Å². The molecule has 0 spiro atoms. The van der Waals surface area contributed by atoms with Gasteiger partial charge in [0.2, 0.25) is 11.8 Å². The summed E-state index contributed by atoms with van der Waals surface area (Å²) in [6.07, 6.45) is 3.02. The summed E-state index contributed by atoms with van der Waals surface area (Å²) < 4.78 is 0. The van der Waals surface area contributed by atoms with Crippen LogP contribution in [0.5, 0.6) is 0 Å². The summed E-state index contributed by atoms with van der Waals surface area (Å²) in [5.41, 5.74) is 10.6. The maximum Gasteiger partial charge on any atom is 0.248 e. The highest BCUT2D eigenvalue weighted by Gasteiger charge is 2.38. The van der Waals surface area contributed by atoms with Crippen LogP contribution in [0.3, 0.4) is 0 Å². The number of amides is 2. The Balaban J connectivity index is 2.11. The zero-order valence-electron chi connectivity index (χ0n) is 14.9. The number of hydrogen-bond acceptors (Lipinski definition) is 7. The summed E-state index contributed by atoms with van der Waals surface area (Å²) in [6, 6.07) is -1.76. The van der Waals surface area contributed by atoms with E-state index in [9.17, 15) is 14.4 Å². The fourth-order valence-corrected chi connectivity index (χ4v) is 3.26. The molecule has 2 aliphatic rings. The molecular formula is C16H29N7O3. The molecule has 3 atom stereocenters. The van der Waals surface area contributed by atoms with Crippen LogP contribution in [-0.4, -0.2) is 79.8 Å². The highest BCUT2D eigenvalue weighted by atomic mass is 16.2. The van der Waals surface area contributed by atoms with Crippen molar-refractivity contribution < 1.29 is 14.4 Å². The number of hydrogen-bond donors (Lipinski definition) is 5. The molecule has 7 N–H and O–H groups in total. The average Bonchev–Trinajstić information content (AvgIpc) is 3.18. The summed E-state index contributed by atoms with van der Waals surface area (Å²) in [5, 5.41) is 9.34. The van der Waals surface area contributed by atoms with Crippen LogP contribution in [0.1, 0.15) is 25.7 Å². The third-order valence-corrected chi connectivity index (χ3v) is 4.61. The molecule has 0 aromatic heterocycles. The van der Waals surface area contributed by atoms with Gasteiger partial charge >= 0.3 is 0 Å². The number of guanidine groups is 1. The third-order valence-electron chi connectivity index (χ3n) is 4.61. The minimum absolute atomic E-state index is 0.0238. The topological polar surface area (TPSA) is 155 Å². The second-order valence-corrected chi connectivity index (χ2v) is 6.56. The molecule has 10 heteroatoms. The SMILES string of the molecule is NC(N)=NCCC[C@@H](C=O)N(C(=O)C1CNCCN1)C(=O)[C@@H]1CCCN1. The maximum absolute atomic E-state index is 13.0. The summed E-state index contributed by atoms with van der Waals surface area (Å²) in [7, 11) is 0. The van der Waals surface area contributed by atoms with Gasteiger partial charge in [0.05, 0.1) is 18.1 Å². The van der Waals surface area contributed by atoms with Crippen molar-refractivity contribution in [3.8, 4) is 0 Å². The number of nitrogens with one attached hydrogen (secondary N) is 3. The van der Waals surface area contributed by atoms with Gasteiger partial charge < -0.3 is 32.2 Å². The predicted octanol–water partition coefficient (Wildman–Crippen LogP) is -2.72. The number of carbonyl (C=O) groups is 3. The van der Waals surface area contributed by atoms with Crippen LogP contribution in [0, 0.1) is 0 Å². The van der Waals surface area contributed by atoms with E-state index >= 15 is 0 Å². The van der Waals surface area contributed by atoms with Crippen LogP contribution in [0.25, 0.3) is 0 Å². The molecule has 10 nitrogen and oxygen atoms in total. The molecule has 2 rings (SSSR count). The Labute approximate surface area is 153 Å². The van der Waals surface area contributed by atoms with Crippen LogP contribution in [-0.2, 0) is 14.4 Å². The van der Waals surface area contributed by atoms with Gasteiger partial charge in [0, 0.05) is 26.2 Å². The first-order chi connectivity index (χ1) is 12.5. The molecule has 0 radical (unpaired) electrons. The first-order valence-electron chi connectivity index (χ1n) is 9.09. The van der Waals surface area contributed by atoms with Crippen molar-refractivity contribution in [1.82, 2.24) is 20.9 Å². The van der Waals surface area contributed by atoms with Crippen LogP contribution in [0.4, 0.5) is 0 Å². The van der Waals surface area contributed by atoms with E-state index in [0.29, 0.717) is 45.2 Å². The van der Waals surface area contributed by atoms with Crippen molar-refractivity contribution in [3.05, 3.63) is 0 Å². The lowest BCUT2D eigenvalue weighted by Gasteiger charge is -2.33. The van der Waals surface area contributed by atoms with Crippen LogP contribution >= 0.6 is 0 Å². The fraction of sp³-hybridized carbons (Fsp3) is 0.750. The Kier molecular flexibility index (Phi) is 7.95. The molecule has 0 bridgehead atoms. The first-order valence-corrected chi connectivity index (χ1v) is 9.09. The molecule has 2 heterocycles. The second kappa shape index (κ2) is 10.2. The lowest BCUT2D eigenvalue weighted by molar-refractivity contribution is -0.152. The van der Waals surface area contributed by atoms with Gasteiger partial charge in [0.25, 0.3) is 0 Å². The average molecular weight is 367 g/mol. The normalized spacial score (nSPS) is 23.8. The standard InChI is InChI=1S/C16H29N7O3/c17-16(18)22-6-1-3-11(10-24)23(14(25)12-4-2-5-20-12)15(26)13-9-19-7-8-21-13/h10-13,19-21H,1-9H2,(H4,17,18,22)/t11-,12-,13?/m0/s1. The number of aldehydes is 1. The summed E-state index contributed by atoms with van der Waals surface area (Å²) >= 11 is 0. The van der Waals surface area contributed by atoms with Gasteiger partial charge in [-0.15, -0.1) is 0 Å². The van der Waals surface area contributed by atoms with E-state index in [0.717, 1.165) is 24.4 Å². The van der Waals surface area contributed by atoms with E-state index in [1.54, 1.807) is 0 Å². The van der Waals surface area contributed by atoms with Gasteiger partial charge in [-0.2, -0.15) is 0 Å². The number of aliphatic imine (C=N–C) groups is 1. The van der Waals surface area contributed by atoms with Gasteiger partial charge in [-0.3, -0.25) is 19.5 Å². The Bertz CT molecular complexity index is 524. The largest absolute Gasteiger partial charge is 0.370 e. The Hall–Kier alpha value is -2.04. The van der Waals surface area contributed by atoms with Crippen molar-refractivity contribution in [2.24, 2.45) is 16.5 Å². The van der Waals surface area contributed by atoms with Crippen molar-refractivity contribution in [2.75, 3.05) is 32.7 Å². The Morgan fingerprint density at radius 3 is 2.46 bits per heavy atom. The van der Waals surface area contributed by atoms with E-state index < -0.39 is 18.1 Å². The van der Waals surface area contributed by atoms with Crippen molar-refractivity contribution in [2.45, 2.75) is 43.8 Å². The number of carbonyl (C=O) groups excluding carboxylic acids is 3. The minimum atomic E-state index is -0.824. The zero-order valence-corrected chi connectivity index (χ0v) is 14.9. The Morgan fingerprint density at radius 2 is 1.88 bits per heavy atom. The van der Waals surface area contributed by atoms with Crippen LogP contribution in [0.15, 0.2) is 4.99 Å². The van der Waals surface area contributed by atoms with Gasteiger partial charge in [-0.25, -0.2) is 0 Å². The van der Waals surface area contributed by atoms with Crippen molar-refractivity contribution >= 4 is 24.1 Å². The first kappa shape index (κ1) is 20.3. The smallest absolute Gasteiger partial charge is 0.248 e. The molecule has 0 saturated carbocycles. The van der Waals surface area contributed by atoms with Gasteiger partial charge in [-0.1, -0.05) is 0 Å². The molecule has 0 aromatic carbocycles. The lowest BCUT2D eigenvalue weighted by Crippen LogP contribution is -2.61. The van der Waals surface area contributed by atoms with E-state index in [1.807, 2.05) is 0 Å². The molecule has 1 unspecified atom stereocenters. The predicted molar refractivity (Wildman–Crippen MR) is 97.3 cm³/mol. The van der Waals surface area contributed by atoms with Gasteiger partial charge in [0.1, 0.15) is 6.29 Å². The number of rotatable bonds is 8. The lowest BCUT2D eigenvalue weighted by atomic mass is 10.1. The summed E-state index contributed by atoms with van der Waals surface area (Å²) in [6.45, 7) is 2.90. The monoisotopic (exact) mass is 367 g/mol. The fourth-order valence-electron chi connectivity index (χ4n) is 3.26. The van der Waals surface area contributed by atoms with E-state index in [4.69, 9.17) is 11.5 Å². The number of piperazine rings is 1. The molecule has 2 fully saturated rings. The summed E-state index contributed by atoms with van der Waals surface area (Å²) in [4.78, 5) is 42.6. The molecule has 2 aliphatic heterocycles. The number of nitrogens with zero attached hydrogens (tertiary/aromatic N) is 2. The van der Waals surface area contributed by atoms with Crippen LogP contribution < -0.4 is 27.4 Å². The van der Waals surface area contributed by atoms with Gasteiger partial charge in [0.15, 0.2) is 5.96 Å². The molecular weight excluding hydrogens is 338 g/mol. The number of nitrogens with two attached hydrogens (primary N) is 2. The highest BCUT2D eigenvalue weighted by Crippen LogP contribution is 2.15. The zero-order chi connectivity index (χ0) is 18.9. The molecule has 0 aliphatic carbocycles. The van der Waals surface area contributed by atoms with Crippen molar-refractivity contribution in [1.29, 1.82) is 0 Å². The molecule has 2 saturated heterocycles. The maximum atomic E-state index is 13.0. The quantitative estimate of drug-likeness (QED) is 0.102. The second-order valence-electron chi connectivity index (χ2n) is 6.56. The molecule has 146 valence electrons. The Morgan fingerprint density at radius 1 is 1.15 bits per heavy atom. The number of imide groups is 1. The van der Waals surface area contributed by atoms with E-state index in [1.165, 1.54) is 0 Å². The molecule has 26 heavy (non-hydrogen) atoms. The highest BCUT2D eigenvalue weighted by molar-refractivity contribution is 6.02. The molecule has 2 amide bonds. The van der Waals surface area contributed by atoms with E-state index in [-0.39, 0.29) is 17.8 Å². The van der Waals surface area contributed by atoms with Crippen molar-refractivity contribution in [3.63, 3.8) is 0 Å². The summed E-state index contributed by atoms with van der Waals surface area (Å²) in [5.74, 6) is -0.724. The van der Waals surface area contributed by atoms with E-state index in [2.05, 4.69) is 20.9 Å².